The van der Waals surface area contributed by atoms with E-state index in [0.717, 1.165) is 30.2 Å². The molecule has 0 aliphatic rings. The Morgan fingerprint density at radius 1 is 1.11 bits per heavy atom. The molecule has 0 bridgehead atoms. The van der Waals surface area contributed by atoms with E-state index < -0.39 is 0 Å². The average Bonchev–Trinajstić information content (AvgIpc) is 2.73. The van der Waals surface area contributed by atoms with Crippen molar-refractivity contribution >= 4 is 35.6 Å². The molecular formula is C13H14Cl3NO. The molecule has 98 valence electrons. The SMILES string of the molecule is CCNCc1ccc(-c2cc(Cl)cc(Cl)c2)o1.Cl. The van der Waals surface area contributed by atoms with Crippen LogP contribution in [0.15, 0.2) is 34.7 Å². The highest BCUT2D eigenvalue weighted by molar-refractivity contribution is 6.35. The van der Waals surface area contributed by atoms with Crippen molar-refractivity contribution < 1.29 is 4.42 Å². The van der Waals surface area contributed by atoms with Crippen LogP contribution in [0.1, 0.15) is 12.7 Å². The van der Waals surface area contributed by atoms with Gasteiger partial charge < -0.3 is 9.73 Å². The van der Waals surface area contributed by atoms with Gasteiger partial charge in [0.25, 0.3) is 0 Å². The molecule has 2 nitrogen and oxygen atoms in total. The largest absolute Gasteiger partial charge is 0.460 e. The second-order valence-electron chi connectivity index (χ2n) is 3.70. The van der Waals surface area contributed by atoms with Crippen LogP contribution >= 0.6 is 35.6 Å². The van der Waals surface area contributed by atoms with Crippen molar-refractivity contribution in [2.24, 2.45) is 0 Å². The highest BCUT2D eigenvalue weighted by atomic mass is 35.5. The first-order chi connectivity index (χ1) is 8.19. The predicted molar refractivity (Wildman–Crippen MR) is 78.8 cm³/mol. The van der Waals surface area contributed by atoms with Gasteiger partial charge in [0.05, 0.1) is 6.54 Å². The lowest BCUT2D eigenvalue weighted by Gasteiger charge is -2.00. The van der Waals surface area contributed by atoms with Crippen molar-refractivity contribution in [3.05, 3.63) is 46.1 Å². The molecule has 0 saturated heterocycles. The molecule has 1 heterocycles. The standard InChI is InChI=1S/C13H13Cl2NO.ClH/c1-2-16-8-12-3-4-13(17-12)9-5-10(14)7-11(15)6-9;/h3-7,16H,2,8H2,1H3;1H. The van der Waals surface area contributed by atoms with Gasteiger partial charge in [0.1, 0.15) is 11.5 Å². The lowest BCUT2D eigenvalue weighted by Crippen LogP contribution is -2.10. The molecule has 0 radical (unpaired) electrons. The number of furan rings is 1. The normalized spacial score (nSPS) is 10.2. The second-order valence-corrected chi connectivity index (χ2v) is 4.58. The van der Waals surface area contributed by atoms with Crippen LogP contribution in [-0.4, -0.2) is 6.54 Å². The number of benzene rings is 1. The van der Waals surface area contributed by atoms with Gasteiger partial charge in [0.15, 0.2) is 0 Å². The Hall–Kier alpha value is -0.670. The van der Waals surface area contributed by atoms with Gasteiger partial charge in [0, 0.05) is 15.6 Å². The quantitative estimate of drug-likeness (QED) is 0.879. The van der Waals surface area contributed by atoms with Gasteiger partial charge in [0.2, 0.25) is 0 Å². The van der Waals surface area contributed by atoms with E-state index in [-0.39, 0.29) is 12.4 Å². The predicted octanol–water partition coefficient (Wildman–Crippen LogP) is 4.78. The van der Waals surface area contributed by atoms with Crippen LogP contribution in [0.2, 0.25) is 10.0 Å². The molecule has 1 aromatic heterocycles. The third-order valence-corrected chi connectivity index (χ3v) is 2.79. The summed E-state index contributed by atoms with van der Waals surface area (Å²) >= 11 is 11.9. The van der Waals surface area contributed by atoms with Crippen molar-refractivity contribution in [2.75, 3.05) is 6.54 Å². The Labute approximate surface area is 123 Å². The summed E-state index contributed by atoms with van der Waals surface area (Å²) in [6, 6.07) is 9.25. The minimum absolute atomic E-state index is 0. The Morgan fingerprint density at radius 2 is 1.78 bits per heavy atom. The summed E-state index contributed by atoms with van der Waals surface area (Å²) in [7, 11) is 0. The Kier molecular flexibility index (Phi) is 6.03. The number of rotatable bonds is 4. The summed E-state index contributed by atoms with van der Waals surface area (Å²) < 4.78 is 5.70. The highest BCUT2D eigenvalue weighted by Gasteiger charge is 2.06. The van der Waals surface area contributed by atoms with Gasteiger partial charge in [-0.2, -0.15) is 0 Å². The fourth-order valence-electron chi connectivity index (χ4n) is 1.57. The van der Waals surface area contributed by atoms with Crippen molar-refractivity contribution in [2.45, 2.75) is 13.5 Å². The molecule has 0 aliphatic carbocycles. The van der Waals surface area contributed by atoms with E-state index in [9.17, 15) is 0 Å². The smallest absolute Gasteiger partial charge is 0.134 e. The molecule has 2 rings (SSSR count). The molecule has 18 heavy (non-hydrogen) atoms. The molecule has 0 unspecified atom stereocenters. The molecule has 0 aliphatic heterocycles. The topological polar surface area (TPSA) is 25.2 Å². The van der Waals surface area contributed by atoms with Crippen molar-refractivity contribution in [1.82, 2.24) is 5.32 Å². The molecule has 0 saturated carbocycles. The van der Waals surface area contributed by atoms with Crippen LogP contribution in [0, 0.1) is 0 Å². The number of nitrogens with one attached hydrogen (secondary N) is 1. The van der Waals surface area contributed by atoms with Crippen LogP contribution in [0.4, 0.5) is 0 Å². The Morgan fingerprint density at radius 3 is 2.39 bits per heavy atom. The van der Waals surface area contributed by atoms with Crippen LogP contribution in [0.5, 0.6) is 0 Å². The molecular weight excluding hydrogens is 293 g/mol. The monoisotopic (exact) mass is 305 g/mol. The van der Waals surface area contributed by atoms with E-state index in [2.05, 4.69) is 12.2 Å². The van der Waals surface area contributed by atoms with Gasteiger partial charge in [-0.25, -0.2) is 0 Å². The maximum absolute atomic E-state index is 5.95. The molecule has 1 aromatic carbocycles. The summed E-state index contributed by atoms with van der Waals surface area (Å²) in [5.74, 6) is 1.68. The van der Waals surface area contributed by atoms with E-state index in [1.807, 2.05) is 24.3 Å². The van der Waals surface area contributed by atoms with E-state index >= 15 is 0 Å². The third kappa shape index (κ3) is 3.92. The van der Waals surface area contributed by atoms with E-state index in [0.29, 0.717) is 10.0 Å². The lowest BCUT2D eigenvalue weighted by molar-refractivity contribution is 0.498. The first-order valence-corrected chi connectivity index (χ1v) is 6.20. The van der Waals surface area contributed by atoms with Gasteiger partial charge in [-0.1, -0.05) is 30.1 Å². The van der Waals surface area contributed by atoms with Crippen molar-refractivity contribution in [1.29, 1.82) is 0 Å². The zero-order valence-corrected chi connectivity index (χ0v) is 12.2. The number of hydrogen-bond donors (Lipinski definition) is 1. The lowest BCUT2D eigenvalue weighted by atomic mass is 10.2. The summed E-state index contributed by atoms with van der Waals surface area (Å²) in [4.78, 5) is 0. The highest BCUT2D eigenvalue weighted by Crippen LogP contribution is 2.28. The van der Waals surface area contributed by atoms with Crippen LogP contribution in [-0.2, 0) is 6.54 Å². The summed E-state index contributed by atoms with van der Waals surface area (Å²) in [5, 5.41) is 4.42. The molecule has 1 N–H and O–H groups in total. The zero-order chi connectivity index (χ0) is 12.3. The summed E-state index contributed by atoms with van der Waals surface area (Å²) in [6.45, 7) is 3.70. The maximum atomic E-state index is 5.95. The fourth-order valence-corrected chi connectivity index (χ4v) is 2.10. The van der Waals surface area contributed by atoms with Gasteiger partial charge >= 0.3 is 0 Å². The van der Waals surface area contributed by atoms with E-state index in [1.165, 1.54) is 0 Å². The van der Waals surface area contributed by atoms with E-state index in [1.54, 1.807) is 6.07 Å². The number of hydrogen-bond acceptors (Lipinski definition) is 2. The van der Waals surface area contributed by atoms with Crippen LogP contribution in [0.25, 0.3) is 11.3 Å². The molecule has 0 fully saturated rings. The molecule has 0 amide bonds. The van der Waals surface area contributed by atoms with Crippen LogP contribution < -0.4 is 5.32 Å². The summed E-state index contributed by atoms with van der Waals surface area (Å²) in [5.41, 5.74) is 0.894. The number of halogens is 3. The third-order valence-electron chi connectivity index (χ3n) is 2.36. The first kappa shape index (κ1) is 15.4. The van der Waals surface area contributed by atoms with Crippen molar-refractivity contribution in [3.63, 3.8) is 0 Å². The van der Waals surface area contributed by atoms with Crippen molar-refractivity contribution in [3.8, 4) is 11.3 Å². The summed E-state index contributed by atoms with van der Waals surface area (Å²) in [6.07, 6.45) is 0. The average molecular weight is 307 g/mol. The minimum atomic E-state index is 0. The van der Waals surface area contributed by atoms with Gasteiger partial charge in [-0.3, -0.25) is 0 Å². The minimum Gasteiger partial charge on any atom is -0.460 e. The van der Waals surface area contributed by atoms with Gasteiger partial charge in [-0.05, 0) is 36.9 Å². The molecule has 5 heteroatoms. The molecule has 0 atom stereocenters. The van der Waals surface area contributed by atoms with Gasteiger partial charge in [-0.15, -0.1) is 12.4 Å². The fraction of sp³-hybridized carbons (Fsp3) is 0.231. The Balaban J connectivity index is 0.00000162. The zero-order valence-electron chi connectivity index (χ0n) is 9.87. The molecule has 0 spiro atoms. The Bertz CT molecular complexity index is 490. The first-order valence-electron chi connectivity index (χ1n) is 5.45. The maximum Gasteiger partial charge on any atom is 0.134 e. The second kappa shape index (κ2) is 7.05. The van der Waals surface area contributed by atoms with Crippen LogP contribution in [0.3, 0.4) is 0 Å². The van der Waals surface area contributed by atoms with E-state index in [4.69, 9.17) is 27.6 Å². The molecule has 2 aromatic rings.